The van der Waals surface area contributed by atoms with Crippen LogP contribution in [0.3, 0.4) is 0 Å². The van der Waals surface area contributed by atoms with Gasteiger partial charge in [-0.2, -0.15) is 0 Å². The Morgan fingerprint density at radius 3 is 2.82 bits per heavy atom. The lowest BCUT2D eigenvalue weighted by atomic mass is 10.2. The molecule has 1 aromatic rings. The van der Waals surface area contributed by atoms with E-state index < -0.39 is 0 Å². The Kier molecular flexibility index (Phi) is 1.91. The Hall–Kier alpha value is -0.0500. The average molecular weight is 233 g/mol. The van der Waals surface area contributed by atoms with Crippen LogP contribution in [0, 0.1) is 0 Å². The maximum atomic E-state index is 5.95. The molecule has 1 aliphatic heterocycles. The molecule has 1 aliphatic rings. The van der Waals surface area contributed by atoms with E-state index in [2.05, 4.69) is 15.9 Å². The normalized spacial score (nSPS) is 21.8. The first-order chi connectivity index (χ1) is 5.29. The monoisotopic (exact) mass is 232 g/mol. The number of ether oxygens (including phenoxy) is 1. The van der Waals surface area contributed by atoms with Gasteiger partial charge < -0.3 is 4.74 Å². The summed E-state index contributed by atoms with van der Waals surface area (Å²) < 4.78 is 6.18. The van der Waals surface area contributed by atoms with Crippen molar-refractivity contribution in [1.82, 2.24) is 0 Å². The molecule has 1 saturated heterocycles. The topological polar surface area (TPSA) is 12.5 Å². The lowest BCUT2D eigenvalue weighted by Crippen LogP contribution is -1.83. The van der Waals surface area contributed by atoms with E-state index in [0.29, 0.717) is 0 Å². The highest BCUT2D eigenvalue weighted by molar-refractivity contribution is 9.10. The quantitative estimate of drug-likeness (QED) is 0.679. The van der Waals surface area contributed by atoms with Crippen LogP contribution in [0.1, 0.15) is 11.7 Å². The van der Waals surface area contributed by atoms with Crippen LogP contribution in [0.2, 0.25) is 5.02 Å². The van der Waals surface area contributed by atoms with Crippen molar-refractivity contribution in [1.29, 1.82) is 0 Å². The van der Waals surface area contributed by atoms with E-state index in [9.17, 15) is 0 Å². The summed E-state index contributed by atoms with van der Waals surface area (Å²) in [7, 11) is 0. The van der Waals surface area contributed by atoms with Gasteiger partial charge in [-0.15, -0.1) is 0 Å². The molecule has 1 atom stereocenters. The van der Waals surface area contributed by atoms with Crippen LogP contribution in [0.5, 0.6) is 0 Å². The molecule has 2 rings (SSSR count). The molecule has 0 aromatic heterocycles. The maximum Gasteiger partial charge on any atom is 0.108 e. The fourth-order valence-corrected chi connectivity index (χ4v) is 2.06. The molecule has 0 amide bonds. The SMILES string of the molecule is Clc1cccc(Br)c1[C@H]1CO1. The minimum absolute atomic E-state index is 0.220. The third-order valence-corrected chi connectivity index (χ3v) is 2.68. The largest absolute Gasteiger partial charge is 0.368 e. The second kappa shape index (κ2) is 2.77. The van der Waals surface area contributed by atoms with Gasteiger partial charge in [0.2, 0.25) is 0 Å². The molecule has 11 heavy (non-hydrogen) atoms. The van der Waals surface area contributed by atoms with Crippen molar-refractivity contribution in [3.8, 4) is 0 Å². The van der Waals surface area contributed by atoms with Crippen molar-refractivity contribution < 1.29 is 4.74 Å². The Morgan fingerprint density at radius 1 is 1.55 bits per heavy atom. The van der Waals surface area contributed by atoms with Gasteiger partial charge in [-0.1, -0.05) is 33.6 Å². The first kappa shape index (κ1) is 7.59. The van der Waals surface area contributed by atoms with Crippen molar-refractivity contribution in [2.45, 2.75) is 6.10 Å². The molecular weight excluding hydrogens is 227 g/mol. The van der Waals surface area contributed by atoms with Gasteiger partial charge >= 0.3 is 0 Å². The summed E-state index contributed by atoms with van der Waals surface area (Å²) in [4.78, 5) is 0. The molecular formula is C8H6BrClO. The molecule has 0 unspecified atom stereocenters. The summed E-state index contributed by atoms with van der Waals surface area (Å²) in [5, 5.41) is 0.780. The van der Waals surface area contributed by atoms with Crippen LogP contribution in [0.15, 0.2) is 22.7 Å². The van der Waals surface area contributed by atoms with E-state index in [1.54, 1.807) is 0 Å². The van der Waals surface area contributed by atoms with Gasteiger partial charge in [0, 0.05) is 15.1 Å². The Balaban J connectivity index is 2.48. The van der Waals surface area contributed by atoms with Crippen molar-refractivity contribution in [3.05, 3.63) is 33.3 Å². The Bertz CT molecular complexity index is 263. The predicted molar refractivity (Wildman–Crippen MR) is 47.8 cm³/mol. The van der Waals surface area contributed by atoms with E-state index >= 15 is 0 Å². The maximum absolute atomic E-state index is 5.95. The van der Waals surface area contributed by atoms with Gasteiger partial charge in [0.1, 0.15) is 6.10 Å². The minimum atomic E-state index is 0.220. The summed E-state index contributed by atoms with van der Waals surface area (Å²) in [6.07, 6.45) is 0.220. The van der Waals surface area contributed by atoms with E-state index in [1.165, 1.54) is 0 Å². The smallest absolute Gasteiger partial charge is 0.108 e. The summed E-state index contributed by atoms with van der Waals surface area (Å²) in [6, 6.07) is 5.77. The van der Waals surface area contributed by atoms with Gasteiger partial charge in [-0.3, -0.25) is 0 Å². The molecule has 3 heteroatoms. The second-order valence-electron chi connectivity index (χ2n) is 2.46. The van der Waals surface area contributed by atoms with Crippen molar-refractivity contribution in [2.24, 2.45) is 0 Å². The molecule has 0 radical (unpaired) electrons. The van der Waals surface area contributed by atoms with Gasteiger partial charge in [0.25, 0.3) is 0 Å². The third-order valence-electron chi connectivity index (χ3n) is 1.66. The number of rotatable bonds is 1. The number of benzene rings is 1. The van der Waals surface area contributed by atoms with E-state index in [1.807, 2.05) is 18.2 Å². The lowest BCUT2D eigenvalue weighted by Gasteiger charge is -2.01. The molecule has 1 heterocycles. The zero-order valence-electron chi connectivity index (χ0n) is 5.68. The van der Waals surface area contributed by atoms with Crippen LogP contribution >= 0.6 is 27.5 Å². The van der Waals surface area contributed by atoms with Crippen LogP contribution < -0.4 is 0 Å². The average Bonchev–Trinajstić information content (AvgIpc) is 2.70. The number of epoxide rings is 1. The predicted octanol–water partition coefficient (Wildman–Crippen LogP) is 3.17. The molecule has 0 saturated carbocycles. The van der Waals surface area contributed by atoms with Crippen LogP contribution in [-0.4, -0.2) is 6.61 Å². The van der Waals surface area contributed by atoms with Crippen molar-refractivity contribution in [2.75, 3.05) is 6.61 Å². The number of halogens is 2. The van der Waals surface area contributed by atoms with Crippen LogP contribution in [0.25, 0.3) is 0 Å². The standard InChI is InChI=1S/C8H6BrClO/c9-5-2-1-3-6(10)8(5)7-4-11-7/h1-3,7H,4H2/t7-/m1/s1. The molecule has 1 aromatic carbocycles. The fraction of sp³-hybridized carbons (Fsp3) is 0.250. The zero-order chi connectivity index (χ0) is 7.84. The highest BCUT2D eigenvalue weighted by Crippen LogP contribution is 2.39. The lowest BCUT2D eigenvalue weighted by molar-refractivity contribution is 0.415. The van der Waals surface area contributed by atoms with Crippen molar-refractivity contribution in [3.63, 3.8) is 0 Å². The van der Waals surface area contributed by atoms with E-state index in [0.717, 1.165) is 21.7 Å². The second-order valence-corrected chi connectivity index (χ2v) is 3.72. The zero-order valence-corrected chi connectivity index (χ0v) is 8.02. The molecule has 1 fully saturated rings. The van der Waals surface area contributed by atoms with Crippen LogP contribution in [-0.2, 0) is 4.74 Å². The summed E-state index contributed by atoms with van der Waals surface area (Å²) >= 11 is 9.38. The molecule has 0 aliphatic carbocycles. The summed E-state index contributed by atoms with van der Waals surface area (Å²) in [5.41, 5.74) is 1.08. The minimum Gasteiger partial charge on any atom is -0.368 e. The number of hydrogen-bond acceptors (Lipinski definition) is 1. The van der Waals surface area contributed by atoms with E-state index in [4.69, 9.17) is 16.3 Å². The van der Waals surface area contributed by atoms with Gasteiger partial charge in [0.15, 0.2) is 0 Å². The fourth-order valence-electron chi connectivity index (χ4n) is 1.03. The Morgan fingerprint density at radius 2 is 2.27 bits per heavy atom. The highest BCUT2D eigenvalue weighted by Gasteiger charge is 2.28. The van der Waals surface area contributed by atoms with Gasteiger partial charge in [0.05, 0.1) is 6.61 Å². The molecule has 58 valence electrons. The molecule has 0 N–H and O–H groups in total. The molecule has 0 spiro atoms. The third kappa shape index (κ3) is 1.43. The molecule has 1 nitrogen and oxygen atoms in total. The van der Waals surface area contributed by atoms with Crippen molar-refractivity contribution >= 4 is 27.5 Å². The van der Waals surface area contributed by atoms with Gasteiger partial charge in [-0.25, -0.2) is 0 Å². The van der Waals surface area contributed by atoms with Crippen LogP contribution in [0.4, 0.5) is 0 Å². The Labute approximate surface area is 78.4 Å². The van der Waals surface area contributed by atoms with E-state index in [-0.39, 0.29) is 6.10 Å². The number of hydrogen-bond donors (Lipinski definition) is 0. The highest BCUT2D eigenvalue weighted by atomic mass is 79.9. The first-order valence-electron chi connectivity index (χ1n) is 3.34. The molecule has 0 bridgehead atoms. The summed E-state index contributed by atoms with van der Waals surface area (Å²) in [6.45, 7) is 0.794. The van der Waals surface area contributed by atoms with Gasteiger partial charge in [-0.05, 0) is 12.1 Å². The first-order valence-corrected chi connectivity index (χ1v) is 4.51. The summed E-state index contributed by atoms with van der Waals surface area (Å²) in [5.74, 6) is 0.